The summed E-state index contributed by atoms with van der Waals surface area (Å²) in [5.74, 6) is 0.0755. The fraction of sp³-hybridized carbons (Fsp3) is 0.154. The lowest BCUT2D eigenvalue weighted by Gasteiger charge is -2.06. The molecule has 1 aromatic carbocycles. The van der Waals surface area contributed by atoms with Gasteiger partial charge in [0.2, 0.25) is 6.79 Å². The largest absolute Gasteiger partial charge is 0.476 e. The standard InChI is InChI=1S/C13H11N3O4/c1-2-5-16-12(11(13(17)18)14-15-16)8-3-4-9-10(6-8)20-7-19-9/h2-4,6H,1,5,7H2,(H,17,18). The predicted octanol–water partition coefficient (Wildman–Crippen LogP) is 1.56. The minimum atomic E-state index is -1.13. The quantitative estimate of drug-likeness (QED) is 0.851. The van der Waals surface area contributed by atoms with Gasteiger partial charge in [0, 0.05) is 5.56 Å². The van der Waals surface area contributed by atoms with E-state index in [0.29, 0.717) is 29.3 Å². The van der Waals surface area contributed by atoms with Crippen LogP contribution in [0.15, 0.2) is 30.9 Å². The molecule has 3 rings (SSSR count). The second-order valence-corrected chi connectivity index (χ2v) is 4.13. The number of allylic oxidation sites excluding steroid dienone is 1. The first-order valence-corrected chi connectivity index (χ1v) is 5.88. The third-order valence-electron chi connectivity index (χ3n) is 2.89. The minimum Gasteiger partial charge on any atom is -0.476 e. The Morgan fingerprint density at radius 3 is 3.00 bits per heavy atom. The number of carboxylic acids is 1. The molecule has 0 radical (unpaired) electrons. The summed E-state index contributed by atoms with van der Waals surface area (Å²) in [6, 6.07) is 5.19. The minimum absolute atomic E-state index is 0.106. The van der Waals surface area contributed by atoms with E-state index in [9.17, 15) is 9.90 Å². The number of carbonyl (C=O) groups is 1. The molecule has 1 aliphatic rings. The maximum absolute atomic E-state index is 11.2. The Labute approximate surface area is 114 Å². The van der Waals surface area contributed by atoms with Crippen LogP contribution in [-0.4, -0.2) is 32.9 Å². The van der Waals surface area contributed by atoms with Crippen LogP contribution < -0.4 is 9.47 Å². The lowest BCUT2D eigenvalue weighted by atomic mass is 10.1. The molecule has 1 aliphatic heterocycles. The number of nitrogens with zero attached hydrogens (tertiary/aromatic N) is 3. The van der Waals surface area contributed by atoms with Gasteiger partial charge in [0.15, 0.2) is 17.2 Å². The molecule has 2 heterocycles. The fourth-order valence-electron chi connectivity index (χ4n) is 2.04. The molecule has 0 atom stereocenters. The van der Waals surface area contributed by atoms with Crippen molar-refractivity contribution in [3.8, 4) is 22.8 Å². The topological polar surface area (TPSA) is 86.5 Å². The summed E-state index contributed by atoms with van der Waals surface area (Å²) < 4.78 is 12.0. The van der Waals surface area contributed by atoms with E-state index in [1.165, 1.54) is 4.68 Å². The van der Waals surface area contributed by atoms with Crippen LogP contribution in [0.5, 0.6) is 11.5 Å². The molecule has 0 amide bonds. The molecule has 1 aromatic heterocycles. The third kappa shape index (κ3) is 1.89. The number of ether oxygens (including phenoxy) is 2. The molecular weight excluding hydrogens is 262 g/mol. The average Bonchev–Trinajstić information content (AvgIpc) is 3.04. The van der Waals surface area contributed by atoms with E-state index in [-0.39, 0.29) is 12.5 Å². The smallest absolute Gasteiger partial charge is 0.358 e. The lowest BCUT2D eigenvalue weighted by Crippen LogP contribution is -2.03. The first-order valence-electron chi connectivity index (χ1n) is 5.88. The summed E-state index contributed by atoms with van der Waals surface area (Å²) in [5, 5.41) is 16.7. The number of carboxylic acid groups (broad SMARTS) is 1. The van der Waals surface area contributed by atoms with Gasteiger partial charge in [-0.1, -0.05) is 11.3 Å². The number of benzene rings is 1. The molecule has 2 aromatic rings. The van der Waals surface area contributed by atoms with Crippen molar-refractivity contribution in [2.45, 2.75) is 6.54 Å². The number of rotatable bonds is 4. The van der Waals surface area contributed by atoms with Crippen LogP contribution in [-0.2, 0) is 6.54 Å². The molecule has 0 unspecified atom stereocenters. The van der Waals surface area contributed by atoms with Crippen LogP contribution in [0.1, 0.15) is 10.5 Å². The highest BCUT2D eigenvalue weighted by Gasteiger charge is 2.22. The molecule has 0 saturated carbocycles. The number of hydrogen-bond acceptors (Lipinski definition) is 5. The van der Waals surface area contributed by atoms with Gasteiger partial charge in [0.1, 0.15) is 5.69 Å². The van der Waals surface area contributed by atoms with Crippen molar-refractivity contribution >= 4 is 5.97 Å². The Morgan fingerprint density at radius 1 is 1.45 bits per heavy atom. The molecule has 0 saturated heterocycles. The van der Waals surface area contributed by atoms with Crippen LogP contribution in [0.25, 0.3) is 11.3 Å². The third-order valence-corrected chi connectivity index (χ3v) is 2.89. The summed E-state index contributed by atoms with van der Waals surface area (Å²) in [5.41, 5.74) is 0.958. The predicted molar refractivity (Wildman–Crippen MR) is 68.7 cm³/mol. The second kappa shape index (κ2) is 4.69. The monoisotopic (exact) mass is 273 g/mol. The summed E-state index contributed by atoms with van der Waals surface area (Å²) >= 11 is 0. The van der Waals surface area contributed by atoms with Gasteiger partial charge in [0.25, 0.3) is 0 Å². The second-order valence-electron chi connectivity index (χ2n) is 4.13. The highest BCUT2D eigenvalue weighted by molar-refractivity contribution is 5.92. The summed E-state index contributed by atoms with van der Waals surface area (Å²) in [7, 11) is 0. The van der Waals surface area contributed by atoms with Crippen molar-refractivity contribution < 1.29 is 19.4 Å². The SMILES string of the molecule is C=CCn1nnc(C(=O)O)c1-c1ccc2c(c1)OCO2. The first-order chi connectivity index (χ1) is 9.70. The normalized spacial score (nSPS) is 12.4. The fourth-order valence-corrected chi connectivity index (χ4v) is 2.04. The maximum atomic E-state index is 11.2. The van der Waals surface area contributed by atoms with Crippen molar-refractivity contribution in [3.63, 3.8) is 0 Å². The van der Waals surface area contributed by atoms with Gasteiger partial charge in [-0.2, -0.15) is 0 Å². The molecule has 7 heteroatoms. The molecule has 1 N–H and O–H groups in total. The van der Waals surface area contributed by atoms with E-state index in [1.54, 1.807) is 24.3 Å². The van der Waals surface area contributed by atoms with Crippen molar-refractivity contribution in [1.82, 2.24) is 15.0 Å². The van der Waals surface area contributed by atoms with Gasteiger partial charge in [-0.05, 0) is 18.2 Å². The molecular formula is C13H11N3O4. The van der Waals surface area contributed by atoms with Crippen LogP contribution in [0.2, 0.25) is 0 Å². The summed E-state index contributed by atoms with van der Waals surface area (Å²) in [6.45, 7) is 4.15. The highest BCUT2D eigenvalue weighted by atomic mass is 16.7. The summed E-state index contributed by atoms with van der Waals surface area (Å²) in [6.07, 6.45) is 1.62. The molecule has 7 nitrogen and oxygen atoms in total. The zero-order valence-corrected chi connectivity index (χ0v) is 10.4. The molecule has 0 aliphatic carbocycles. The number of fused-ring (bicyclic) bond motifs is 1. The van der Waals surface area contributed by atoms with Crippen molar-refractivity contribution in [2.75, 3.05) is 6.79 Å². The van der Waals surface area contributed by atoms with E-state index in [2.05, 4.69) is 16.9 Å². The maximum Gasteiger partial charge on any atom is 0.358 e. The zero-order valence-electron chi connectivity index (χ0n) is 10.4. The Balaban J connectivity index is 2.14. The Bertz CT molecular complexity index is 693. The van der Waals surface area contributed by atoms with Crippen LogP contribution in [0.4, 0.5) is 0 Å². The Hall–Kier alpha value is -2.83. The molecule has 0 fully saturated rings. The van der Waals surface area contributed by atoms with Gasteiger partial charge in [0.05, 0.1) is 6.54 Å². The summed E-state index contributed by atoms with van der Waals surface area (Å²) in [4.78, 5) is 11.2. The van der Waals surface area contributed by atoms with Gasteiger partial charge >= 0.3 is 5.97 Å². The zero-order chi connectivity index (χ0) is 14.1. The number of hydrogen-bond donors (Lipinski definition) is 1. The Morgan fingerprint density at radius 2 is 2.25 bits per heavy atom. The number of aromatic carboxylic acids is 1. The lowest BCUT2D eigenvalue weighted by molar-refractivity contribution is 0.0691. The van der Waals surface area contributed by atoms with E-state index in [4.69, 9.17) is 9.47 Å². The van der Waals surface area contributed by atoms with Crippen LogP contribution in [0.3, 0.4) is 0 Å². The van der Waals surface area contributed by atoms with Crippen LogP contribution in [0, 0.1) is 0 Å². The van der Waals surface area contributed by atoms with Gasteiger partial charge < -0.3 is 14.6 Å². The van der Waals surface area contributed by atoms with Gasteiger partial charge in [-0.3, -0.25) is 0 Å². The van der Waals surface area contributed by atoms with Crippen molar-refractivity contribution in [2.24, 2.45) is 0 Å². The Kier molecular flexibility index (Phi) is 2.86. The van der Waals surface area contributed by atoms with E-state index >= 15 is 0 Å². The average molecular weight is 273 g/mol. The van der Waals surface area contributed by atoms with Crippen molar-refractivity contribution in [3.05, 3.63) is 36.5 Å². The molecule has 0 bridgehead atoms. The van der Waals surface area contributed by atoms with Gasteiger partial charge in [-0.25, -0.2) is 9.48 Å². The molecule has 102 valence electrons. The van der Waals surface area contributed by atoms with E-state index in [1.807, 2.05) is 0 Å². The highest BCUT2D eigenvalue weighted by Crippen LogP contribution is 2.36. The molecule has 20 heavy (non-hydrogen) atoms. The van der Waals surface area contributed by atoms with Gasteiger partial charge in [-0.15, -0.1) is 11.7 Å². The van der Waals surface area contributed by atoms with E-state index in [0.717, 1.165) is 0 Å². The van der Waals surface area contributed by atoms with Crippen molar-refractivity contribution in [1.29, 1.82) is 0 Å². The first kappa shape index (κ1) is 12.2. The van der Waals surface area contributed by atoms with E-state index < -0.39 is 5.97 Å². The number of aromatic nitrogens is 3. The van der Waals surface area contributed by atoms with Crippen LogP contribution >= 0.6 is 0 Å². The molecule has 0 spiro atoms.